The third-order valence-electron chi connectivity index (χ3n) is 3.91. The number of carboxylic acid groups (broad SMARTS) is 1. The van der Waals surface area contributed by atoms with E-state index in [4.69, 9.17) is 9.66 Å². The first kappa shape index (κ1) is 14.9. The molecule has 20 heavy (non-hydrogen) atoms. The van der Waals surface area contributed by atoms with Crippen LogP contribution >= 0.6 is 0 Å². The molecule has 2 rings (SSSR count). The maximum Gasteiger partial charge on any atom is 0.306 e. The van der Waals surface area contributed by atoms with Gasteiger partial charge in [0.2, 0.25) is 5.91 Å². The van der Waals surface area contributed by atoms with Crippen molar-refractivity contribution in [1.82, 2.24) is 4.90 Å². The van der Waals surface area contributed by atoms with E-state index in [1.54, 1.807) is 0 Å². The highest BCUT2D eigenvalue weighted by Crippen LogP contribution is 2.32. The Balaban J connectivity index is 2.09. The number of nitrogens with zero attached hydrogens (tertiary/aromatic N) is 1. The maximum atomic E-state index is 11.9. The number of hydrogen-bond donors (Lipinski definition) is 2. The first-order valence-corrected chi connectivity index (χ1v) is 7.77. The van der Waals surface area contributed by atoms with Crippen LogP contribution < -0.4 is 0 Å². The lowest BCUT2D eigenvalue weighted by atomic mass is 9.85. The van der Waals surface area contributed by atoms with Gasteiger partial charge in [0.05, 0.1) is 12.3 Å². The van der Waals surface area contributed by atoms with Crippen LogP contribution in [0.15, 0.2) is 0 Å². The summed E-state index contributed by atoms with van der Waals surface area (Å²) >= 11 is 0. The van der Waals surface area contributed by atoms with Gasteiger partial charge in [-0.3, -0.25) is 23.8 Å². The number of carbonyl (C=O) groups is 3. The highest BCUT2D eigenvalue weighted by atomic mass is 32.2. The number of imide groups is 1. The smallest absolute Gasteiger partial charge is 0.306 e. The van der Waals surface area contributed by atoms with Crippen LogP contribution in [0.25, 0.3) is 0 Å². The van der Waals surface area contributed by atoms with Crippen molar-refractivity contribution >= 4 is 27.9 Å². The molecule has 0 aromatic heterocycles. The Labute approximate surface area is 115 Å². The lowest BCUT2D eigenvalue weighted by Gasteiger charge is -2.32. The van der Waals surface area contributed by atoms with E-state index in [-0.39, 0.29) is 0 Å². The predicted octanol–water partition coefficient (Wildman–Crippen LogP) is -0.355. The third-order valence-corrected chi connectivity index (χ3v) is 5.00. The SMILES string of the molecule is O=C(O)C1CCC(N2C(=O)CC(S(=O)(=O)O)C2=O)CC1. The molecule has 9 heteroatoms. The zero-order valence-corrected chi connectivity index (χ0v) is 11.4. The third kappa shape index (κ3) is 2.68. The molecular formula is C11H15NO7S. The molecule has 1 aliphatic heterocycles. The summed E-state index contributed by atoms with van der Waals surface area (Å²) in [6, 6.07) is -0.475. The maximum absolute atomic E-state index is 11.9. The number of aliphatic carboxylic acids is 1. The van der Waals surface area contributed by atoms with Crippen molar-refractivity contribution in [3.8, 4) is 0 Å². The number of amides is 2. The van der Waals surface area contributed by atoms with E-state index in [0.717, 1.165) is 4.90 Å². The Morgan fingerprint density at radius 3 is 2.10 bits per heavy atom. The van der Waals surface area contributed by atoms with Gasteiger partial charge < -0.3 is 5.11 Å². The highest BCUT2D eigenvalue weighted by molar-refractivity contribution is 7.87. The summed E-state index contributed by atoms with van der Waals surface area (Å²) in [7, 11) is -4.59. The van der Waals surface area contributed by atoms with E-state index < -0.39 is 51.5 Å². The average Bonchev–Trinajstić information content (AvgIpc) is 2.65. The Kier molecular flexibility index (Phi) is 3.83. The predicted molar refractivity (Wildman–Crippen MR) is 65.2 cm³/mol. The number of carboxylic acids is 1. The number of rotatable bonds is 3. The lowest BCUT2D eigenvalue weighted by Crippen LogP contribution is -2.44. The minimum atomic E-state index is -4.59. The summed E-state index contributed by atoms with van der Waals surface area (Å²) in [5.41, 5.74) is 0. The minimum Gasteiger partial charge on any atom is -0.481 e. The van der Waals surface area contributed by atoms with Crippen molar-refractivity contribution in [2.75, 3.05) is 0 Å². The Morgan fingerprint density at radius 2 is 1.70 bits per heavy atom. The van der Waals surface area contributed by atoms with Gasteiger partial charge in [0, 0.05) is 6.04 Å². The molecular weight excluding hydrogens is 290 g/mol. The van der Waals surface area contributed by atoms with Gasteiger partial charge in [-0.15, -0.1) is 0 Å². The first-order valence-electron chi connectivity index (χ1n) is 6.27. The number of hydrogen-bond acceptors (Lipinski definition) is 5. The molecule has 1 aliphatic carbocycles. The van der Waals surface area contributed by atoms with Crippen molar-refractivity contribution in [3.05, 3.63) is 0 Å². The second-order valence-corrected chi connectivity index (χ2v) is 6.75. The van der Waals surface area contributed by atoms with Crippen LogP contribution in [-0.2, 0) is 24.5 Å². The molecule has 1 saturated heterocycles. The van der Waals surface area contributed by atoms with Gasteiger partial charge in [0.1, 0.15) is 0 Å². The molecule has 2 aliphatic rings. The fraction of sp³-hybridized carbons (Fsp3) is 0.727. The number of carbonyl (C=O) groups excluding carboxylic acids is 2. The fourth-order valence-corrected chi connectivity index (χ4v) is 3.54. The van der Waals surface area contributed by atoms with Gasteiger partial charge in [-0.1, -0.05) is 0 Å². The van der Waals surface area contributed by atoms with Gasteiger partial charge in [-0.05, 0) is 25.7 Å². The Bertz CT molecular complexity index is 547. The molecule has 2 N–H and O–H groups in total. The van der Waals surface area contributed by atoms with Crippen LogP contribution in [0.1, 0.15) is 32.1 Å². The molecule has 112 valence electrons. The van der Waals surface area contributed by atoms with Crippen LogP contribution in [0, 0.1) is 5.92 Å². The van der Waals surface area contributed by atoms with E-state index in [9.17, 15) is 22.8 Å². The average molecular weight is 305 g/mol. The van der Waals surface area contributed by atoms with E-state index in [1.165, 1.54) is 0 Å². The first-order chi connectivity index (χ1) is 9.21. The molecule has 2 amide bonds. The monoisotopic (exact) mass is 305 g/mol. The van der Waals surface area contributed by atoms with Crippen molar-refractivity contribution in [3.63, 3.8) is 0 Å². The van der Waals surface area contributed by atoms with Crippen molar-refractivity contribution in [1.29, 1.82) is 0 Å². The zero-order chi connectivity index (χ0) is 15.1. The molecule has 0 radical (unpaired) electrons. The molecule has 1 unspecified atom stereocenters. The van der Waals surface area contributed by atoms with Gasteiger partial charge >= 0.3 is 5.97 Å². The quantitative estimate of drug-likeness (QED) is 0.538. The van der Waals surface area contributed by atoms with Gasteiger partial charge in [0.15, 0.2) is 5.25 Å². The Morgan fingerprint density at radius 1 is 1.15 bits per heavy atom. The standard InChI is InChI=1S/C11H15NO7S/c13-9-5-8(20(17,18)19)10(14)12(9)7-3-1-6(2-4-7)11(15)16/h6-8H,1-5H2,(H,15,16)(H,17,18,19). The van der Waals surface area contributed by atoms with Crippen molar-refractivity contribution < 1.29 is 32.5 Å². The summed E-state index contributed by atoms with van der Waals surface area (Å²) in [4.78, 5) is 35.4. The van der Waals surface area contributed by atoms with Crippen LogP contribution in [0.4, 0.5) is 0 Å². The lowest BCUT2D eigenvalue weighted by molar-refractivity contribution is -0.144. The van der Waals surface area contributed by atoms with Crippen LogP contribution in [-0.4, -0.2) is 52.1 Å². The summed E-state index contributed by atoms with van der Waals surface area (Å²) in [6.45, 7) is 0. The summed E-state index contributed by atoms with van der Waals surface area (Å²) in [5, 5.41) is 7.17. The minimum absolute atomic E-state index is 0.340. The van der Waals surface area contributed by atoms with Crippen molar-refractivity contribution in [2.24, 2.45) is 5.92 Å². The molecule has 0 bridgehead atoms. The molecule has 1 heterocycles. The molecule has 0 aromatic rings. The summed E-state index contributed by atoms with van der Waals surface area (Å²) in [6.07, 6.45) is 0.816. The molecule has 0 spiro atoms. The second kappa shape index (κ2) is 5.13. The zero-order valence-electron chi connectivity index (χ0n) is 10.6. The van der Waals surface area contributed by atoms with Gasteiger partial charge in [-0.25, -0.2) is 0 Å². The van der Waals surface area contributed by atoms with Gasteiger partial charge in [-0.2, -0.15) is 8.42 Å². The largest absolute Gasteiger partial charge is 0.481 e. The van der Waals surface area contributed by atoms with E-state index >= 15 is 0 Å². The van der Waals surface area contributed by atoms with Crippen LogP contribution in [0.3, 0.4) is 0 Å². The Hall–Kier alpha value is -1.48. The van der Waals surface area contributed by atoms with E-state index in [0.29, 0.717) is 25.7 Å². The molecule has 2 fully saturated rings. The van der Waals surface area contributed by atoms with Gasteiger partial charge in [0.25, 0.3) is 16.0 Å². The topological polar surface area (TPSA) is 129 Å². The summed E-state index contributed by atoms with van der Waals surface area (Å²) in [5.74, 6) is -2.93. The van der Waals surface area contributed by atoms with E-state index in [1.807, 2.05) is 0 Å². The number of likely N-dealkylation sites (tertiary alicyclic amines) is 1. The normalized spacial score (nSPS) is 31.6. The highest BCUT2D eigenvalue weighted by Gasteiger charge is 2.48. The van der Waals surface area contributed by atoms with Crippen LogP contribution in [0.2, 0.25) is 0 Å². The molecule has 1 atom stereocenters. The fourth-order valence-electron chi connectivity index (χ4n) is 2.82. The molecule has 1 saturated carbocycles. The van der Waals surface area contributed by atoms with Crippen molar-refractivity contribution in [2.45, 2.75) is 43.4 Å². The van der Waals surface area contributed by atoms with E-state index in [2.05, 4.69) is 0 Å². The van der Waals surface area contributed by atoms with Crippen LogP contribution in [0.5, 0.6) is 0 Å². The second-order valence-electron chi connectivity index (χ2n) is 5.15. The molecule has 8 nitrogen and oxygen atoms in total. The molecule has 0 aromatic carbocycles. The summed E-state index contributed by atoms with van der Waals surface area (Å²) < 4.78 is 31.0.